The molecule has 1 aliphatic heterocycles. The number of benzene rings is 2. The quantitative estimate of drug-likeness (QED) is 0.542. The molecule has 1 aromatic heterocycles. The third-order valence-electron chi connectivity index (χ3n) is 4.99. The van der Waals surface area contributed by atoms with Gasteiger partial charge < -0.3 is 9.47 Å². The van der Waals surface area contributed by atoms with Crippen LogP contribution in [-0.2, 0) is 4.74 Å². The summed E-state index contributed by atoms with van der Waals surface area (Å²) in [5.41, 5.74) is 1.26. The molecule has 0 bridgehead atoms. The molecule has 1 fully saturated rings. The van der Waals surface area contributed by atoms with Crippen LogP contribution in [0.25, 0.3) is 10.2 Å². The van der Waals surface area contributed by atoms with Gasteiger partial charge in [-0.05, 0) is 31.2 Å². The van der Waals surface area contributed by atoms with Gasteiger partial charge in [-0.3, -0.25) is 14.6 Å². The van der Waals surface area contributed by atoms with E-state index in [0.717, 1.165) is 48.8 Å². The molecule has 2 aromatic carbocycles. The Hall–Kier alpha value is -2.19. The fourth-order valence-electron chi connectivity index (χ4n) is 3.43. The lowest BCUT2D eigenvalue weighted by Crippen LogP contribution is -2.43. The summed E-state index contributed by atoms with van der Waals surface area (Å²) < 4.78 is 12.2. The van der Waals surface area contributed by atoms with Crippen LogP contribution in [0.2, 0.25) is 5.02 Å². The SMILES string of the molecule is CCOc1cccc2sc(N(CCN3CCOCC3)C(=O)c3ccccc3Cl)nc12. The number of rotatable bonds is 7. The fraction of sp³-hybridized carbons (Fsp3) is 0.364. The molecule has 1 aliphatic rings. The van der Waals surface area contributed by atoms with Gasteiger partial charge in [-0.2, -0.15) is 0 Å². The van der Waals surface area contributed by atoms with Crippen molar-refractivity contribution in [3.05, 3.63) is 53.1 Å². The minimum Gasteiger partial charge on any atom is -0.492 e. The standard InChI is InChI=1S/C22H24ClN3O3S/c1-2-29-18-8-5-9-19-20(18)24-22(30-19)26(11-10-25-12-14-28-15-13-25)21(27)16-6-3-4-7-17(16)23/h3-9H,2,10-15H2,1H3. The molecule has 0 spiro atoms. The van der Waals surface area contributed by atoms with E-state index in [1.807, 2.05) is 37.3 Å². The number of ether oxygens (including phenoxy) is 2. The minimum absolute atomic E-state index is 0.147. The predicted octanol–water partition coefficient (Wildman–Crippen LogP) is 4.33. The van der Waals surface area contributed by atoms with Gasteiger partial charge in [0.15, 0.2) is 5.13 Å². The molecule has 1 saturated heterocycles. The number of amides is 1. The first-order valence-corrected chi connectivity index (χ1v) is 11.3. The summed E-state index contributed by atoms with van der Waals surface area (Å²) in [6.07, 6.45) is 0. The molecule has 6 nitrogen and oxygen atoms in total. The van der Waals surface area contributed by atoms with Crippen molar-refractivity contribution in [1.29, 1.82) is 0 Å². The van der Waals surface area contributed by atoms with Gasteiger partial charge in [0.2, 0.25) is 0 Å². The van der Waals surface area contributed by atoms with Gasteiger partial charge in [0, 0.05) is 26.2 Å². The summed E-state index contributed by atoms with van der Waals surface area (Å²) in [5, 5.41) is 1.09. The Balaban J connectivity index is 1.67. The molecule has 1 amide bonds. The Bertz CT molecular complexity index is 1020. The molecule has 0 saturated carbocycles. The monoisotopic (exact) mass is 445 g/mol. The third-order valence-corrected chi connectivity index (χ3v) is 6.37. The van der Waals surface area contributed by atoms with Crippen molar-refractivity contribution >= 4 is 44.2 Å². The lowest BCUT2D eigenvalue weighted by atomic mass is 10.2. The van der Waals surface area contributed by atoms with E-state index in [4.69, 9.17) is 26.1 Å². The number of hydrogen-bond donors (Lipinski definition) is 0. The van der Waals surface area contributed by atoms with Crippen LogP contribution in [0.1, 0.15) is 17.3 Å². The van der Waals surface area contributed by atoms with Crippen LogP contribution in [-0.4, -0.2) is 61.8 Å². The Kier molecular flexibility index (Phi) is 6.84. The van der Waals surface area contributed by atoms with E-state index in [1.165, 1.54) is 11.3 Å². The van der Waals surface area contributed by atoms with Crippen LogP contribution in [0, 0.1) is 0 Å². The Labute approximate surface area is 185 Å². The molecular weight excluding hydrogens is 422 g/mol. The van der Waals surface area contributed by atoms with E-state index in [0.29, 0.717) is 28.9 Å². The number of fused-ring (bicyclic) bond motifs is 1. The number of carbonyl (C=O) groups excluding carboxylic acids is 1. The molecule has 0 N–H and O–H groups in total. The average Bonchev–Trinajstić information content (AvgIpc) is 3.20. The van der Waals surface area contributed by atoms with Crippen molar-refractivity contribution in [3.8, 4) is 5.75 Å². The van der Waals surface area contributed by atoms with Gasteiger partial charge in [-0.15, -0.1) is 0 Å². The van der Waals surface area contributed by atoms with Gasteiger partial charge in [-0.1, -0.05) is 41.1 Å². The van der Waals surface area contributed by atoms with Crippen molar-refractivity contribution in [2.45, 2.75) is 6.92 Å². The molecule has 30 heavy (non-hydrogen) atoms. The normalized spacial score (nSPS) is 14.7. The number of para-hydroxylation sites is 1. The lowest BCUT2D eigenvalue weighted by Gasteiger charge is -2.29. The lowest BCUT2D eigenvalue weighted by molar-refractivity contribution is 0.0391. The van der Waals surface area contributed by atoms with E-state index in [2.05, 4.69) is 4.90 Å². The van der Waals surface area contributed by atoms with E-state index in [-0.39, 0.29) is 5.91 Å². The maximum Gasteiger partial charge on any atom is 0.261 e. The molecule has 4 rings (SSSR count). The molecule has 2 heterocycles. The second-order valence-electron chi connectivity index (χ2n) is 6.92. The second kappa shape index (κ2) is 9.75. The molecule has 158 valence electrons. The first-order chi connectivity index (χ1) is 14.7. The van der Waals surface area contributed by atoms with Gasteiger partial charge in [0.1, 0.15) is 11.3 Å². The number of nitrogens with zero attached hydrogens (tertiary/aromatic N) is 3. The number of hydrogen-bond acceptors (Lipinski definition) is 6. The highest BCUT2D eigenvalue weighted by molar-refractivity contribution is 7.22. The van der Waals surface area contributed by atoms with Gasteiger partial charge in [0.25, 0.3) is 5.91 Å². The summed E-state index contributed by atoms with van der Waals surface area (Å²) in [4.78, 5) is 22.3. The molecule has 0 aliphatic carbocycles. The molecule has 0 radical (unpaired) electrons. The number of anilines is 1. The minimum atomic E-state index is -0.147. The Morgan fingerprint density at radius 2 is 2.03 bits per heavy atom. The Morgan fingerprint density at radius 3 is 2.80 bits per heavy atom. The number of carbonyl (C=O) groups is 1. The summed E-state index contributed by atoms with van der Waals surface area (Å²) in [7, 11) is 0. The maximum atomic E-state index is 13.5. The van der Waals surface area contributed by atoms with E-state index >= 15 is 0 Å². The van der Waals surface area contributed by atoms with E-state index in [1.54, 1.807) is 17.0 Å². The fourth-order valence-corrected chi connectivity index (χ4v) is 4.65. The van der Waals surface area contributed by atoms with E-state index < -0.39 is 0 Å². The van der Waals surface area contributed by atoms with Gasteiger partial charge in [-0.25, -0.2) is 4.98 Å². The largest absolute Gasteiger partial charge is 0.492 e. The maximum absolute atomic E-state index is 13.5. The van der Waals surface area contributed by atoms with Crippen molar-refractivity contribution in [3.63, 3.8) is 0 Å². The van der Waals surface area contributed by atoms with Crippen LogP contribution in [0.5, 0.6) is 5.75 Å². The third kappa shape index (κ3) is 4.59. The van der Waals surface area contributed by atoms with Crippen LogP contribution in [0.15, 0.2) is 42.5 Å². The van der Waals surface area contributed by atoms with Crippen molar-refractivity contribution in [2.24, 2.45) is 0 Å². The topological polar surface area (TPSA) is 54.9 Å². The van der Waals surface area contributed by atoms with Crippen LogP contribution >= 0.6 is 22.9 Å². The smallest absolute Gasteiger partial charge is 0.261 e. The first-order valence-electron chi connectivity index (χ1n) is 10.1. The number of morpholine rings is 1. The summed E-state index contributed by atoms with van der Waals surface area (Å²) in [5.74, 6) is 0.585. The summed E-state index contributed by atoms with van der Waals surface area (Å²) >= 11 is 7.82. The Morgan fingerprint density at radius 1 is 1.23 bits per heavy atom. The zero-order chi connectivity index (χ0) is 20.9. The second-order valence-corrected chi connectivity index (χ2v) is 8.34. The van der Waals surface area contributed by atoms with Gasteiger partial charge in [0.05, 0.1) is 35.1 Å². The summed E-state index contributed by atoms with van der Waals surface area (Å²) in [6.45, 7) is 6.94. The highest BCUT2D eigenvalue weighted by atomic mass is 35.5. The van der Waals surface area contributed by atoms with Crippen LogP contribution in [0.3, 0.4) is 0 Å². The van der Waals surface area contributed by atoms with Crippen molar-refractivity contribution < 1.29 is 14.3 Å². The van der Waals surface area contributed by atoms with Gasteiger partial charge >= 0.3 is 0 Å². The number of halogens is 1. The highest BCUT2D eigenvalue weighted by Gasteiger charge is 2.25. The molecule has 0 atom stereocenters. The number of thiazole rings is 1. The molecular formula is C22H24ClN3O3S. The first kappa shape index (κ1) is 21.1. The van der Waals surface area contributed by atoms with Crippen LogP contribution < -0.4 is 9.64 Å². The zero-order valence-corrected chi connectivity index (χ0v) is 18.4. The van der Waals surface area contributed by atoms with Crippen LogP contribution in [0.4, 0.5) is 5.13 Å². The molecule has 3 aromatic rings. The zero-order valence-electron chi connectivity index (χ0n) is 16.8. The van der Waals surface area contributed by atoms with Crippen molar-refractivity contribution in [1.82, 2.24) is 9.88 Å². The number of aromatic nitrogens is 1. The predicted molar refractivity (Wildman–Crippen MR) is 121 cm³/mol. The molecule has 8 heteroatoms. The average molecular weight is 446 g/mol. The molecule has 0 unspecified atom stereocenters. The van der Waals surface area contributed by atoms with E-state index in [9.17, 15) is 4.79 Å². The van der Waals surface area contributed by atoms with Crippen molar-refractivity contribution in [2.75, 3.05) is 50.9 Å². The summed E-state index contributed by atoms with van der Waals surface area (Å²) in [6, 6.07) is 13.0. The highest BCUT2D eigenvalue weighted by Crippen LogP contribution is 2.35.